The molecule has 0 fully saturated rings. The number of hydrogen-bond donors (Lipinski definition) is 3. The summed E-state index contributed by atoms with van der Waals surface area (Å²) in [4.78, 5) is 27.4. The number of amides is 1. The van der Waals surface area contributed by atoms with Crippen molar-refractivity contribution in [2.24, 2.45) is 0 Å². The molecule has 2 aromatic carbocycles. The van der Waals surface area contributed by atoms with Gasteiger partial charge in [-0.2, -0.15) is 0 Å². The van der Waals surface area contributed by atoms with Gasteiger partial charge in [0.15, 0.2) is 11.6 Å². The van der Waals surface area contributed by atoms with E-state index in [1.165, 1.54) is 24.3 Å². The number of halogens is 4. The monoisotopic (exact) mass is 494 g/mol. The maximum atomic E-state index is 12.5. The average molecular weight is 494 g/mol. The first-order chi connectivity index (χ1) is 16.5. The Morgan fingerprint density at radius 1 is 1.11 bits per heavy atom. The number of nitrogens with one attached hydrogen (secondary N) is 1. The molecule has 1 atom stereocenters. The molecule has 3 aromatic rings. The number of carboxylic acids is 1. The summed E-state index contributed by atoms with van der Waals surface area (Å²) in [6.45, 7) is 0.465. The van der Waals surface area contributed by atoms with Crippen LogP contribution in [0.15, 0.2) is 60.8 Å². The van der Waals surface area contributed by atoms with Crippen LogP contribution in [0.1, 0.15) is 38.9 Å². The number of para-hydroxylation sites is 1. The van der Waals surface area contributed by atoms with Crippen molar-refractivity contribution in [2.45, 2.75) is 18.8 Å². The van der Waals surface area contributed by atoms with Crippen molar-refractivity contribution >= 4 is 11.9 Å². The van der Waals surface area contributed by atoms with Crippen LogP contribution in [-0.2, 0) is 0 Å². The zero-order valence-electron chi connectivity index (χ0n) is 17.8. The summed E-state index contributed by atoms with van der Waals surface area (Å²) < 4.78 is 55.9. The van der Waals surface area contributed by atoms with Crippen LogP contribution in [0, 0.1) is 5.82 Å². The van der Waals surface area contributed by atoms with Crippen molar-refractivity contribution < 1.29 is 46.8 Å². The second-order valence-electron chi connectivity index (χ2n) is 7.07. The number of hydrogen-bond acceptors (Lipinski definition) is 6. The van der Waals surface area contributed by atoms with E-state index < -0.39 is 35.6 Å². The van der Waals surface area contributed by atoms with Gasteiger partial charge in [0.05, 0.1) is 12.6 Å². The fourth-order valence-electron chi connectivity index (χ4n) is 3.10. The molecule has 0 saturated carbocycles. The Labute approximate surface area is 195 Å². The minimum Gasteiger partial charge on any atom is -0.507 e. The lowest BCUT2D eigenvalue weighted by molar-refractivity contribution is -0.275. The summed E-state index contributed by atoms with van der Waals surface area (Å²) in [5.41, 5.74) is 0.578. The van der Waals surface area contributed by atoms with Gasteiger partial charge in [0.25, 0.3) is 5.91 Å². The van der Waals surface area contributed by atoms with Crippen molar-refractivity contribution in [3.8, 4) is 17.2 Å². The molecule has 4 rings (SSSR count). The minimum absolute atomic E-state index is 0.177. The molecular weight excluding hydrogens is 476 g/mol. The van der Waals surface area contributed by atoms with Crippen LogP contribution in [0.25, 0.3) is 0 Å². The number of ether oxygens (including phenoxy) is 2. The highest BCUT2D eigenvalue weighted by Crippen LogP contribution is 2.30. The van der Waals surface area contributed by atoms with Crippen LogP contribution in [0.2, 0.25) is 0 Å². The van der Waals surface area contributed by atoms with E-state index >= 15 is 0 Å². The van der Waals surface area contributed by atoms with Crippen LogP contribution in [0.3, 0.4) is 0 Å². The summed E-state index contributed by atoms with van der Waals surface area (Å²) in [6.07, 6.45) is -2.64. The Balaban J connectivity index is 0.000000241. The van der Waals surface area contributed by atoms with Crippen molar-refractivity contribution in [2.75, 3.05) is 6.61 Å². The highest BCUT2D eigenvalue weighted by molar-refractivity contribution is 5.97. The van der Waals surface area contributed by atoms with Gasteiger partial charge >= 0.3 is 12.3 Å². The number of nitrogens with zero attached hydrogens (tertiary/aromatic N) is 1. The molecule has 0 saturated heterocycles. The summed E-state index contributed by atoms with van der Waals surface area (Å²) in [5, 5.41) is 21.4. The number of benzene rings is 2. The number of carboxylic acid groups (broad SMARTS) is 1. The van der Waals surface area contributed by atoms with E-state index in [9.17, 15) is 32.3 Å². The normalized spacial score (nSPS) is 14.5. The first-order valence-electron chi connectivity index (χ1n) is 10.0. The highest BCUT2D eigenvalue weighted by atomic mass is 19.4. The van der Waals surface area contributed by atoms with Gasteiger partial charge in [-0.15, -0.1) is 13.2 Å². The van der Waals surface area contributed by atoms with Gasteiger partial charge in [-0.05, 0) is 42.5 Å². The molecule has 1 aliphatic rings. The third-order valence-electron chi connectivity index (χ3n) is 4.65. The van der Waals surface area contributed by atoms with E-state index in [-0.39, 0.29) is 17.2 Å². The smallest absolute Gasteiger partial charge is 0.507 e. The summed E-state index contributed by atoms with van der Waals surface area (Å²) in [5.74, 6) is -3.33. The quantitative estimate of drug-likeness (QED) is 0.458. The van der Waals surface area contributed by atoms with E-state index in [0.29, 0.717) is 24.5 Å². The molecule has 0 spiro atoms. The molecule has 1 aromatic heterocycles. The van der Waals surface area contributed by atoms with Gasteiger partial charge in [-0.3, -0.25) is 9.78 Å². The lowest BCUT2D eigenvalue weighted by Gasteiger charge is -2.25. The van der Waals surface area contributed by atoms with Crippen LogP contribution in [0.4, 0.5) is 17.6 Å². The van der Waals surface area contributed by atoms with Gasteiger partial charge in [-0.25, -0.2) is 9.18 Å². The SMILES string of the molecule is Fc1ccccc1OC(F)(F)F.O=C(NC1CCOc2cccnc21)c1ccc(C(=O)O)c(O)c1. The van der Waals surface area contributed by atoms with Crippen LogP contribution < -0.4 is 14.8 Å². The Hall–Kier alpha value is -4.35. The lowest BCUT2D eigenvalue weighted by Crippen LogP contribution is -2.32. The number of alkyl halides is 3. The number of pyridine rings is 1. The first-order valence-corrected chi connectivity index (χ1v) is 10.0. The lowest BCUT2D eigenvalue weighted by atomic mass is 10.0. The number of fused-ring (bicyclic) bond motifs is 1. The molecule has 1 aliphatic heterocycles. The van der Waals surface area contributed by atoms with E-state index in [2.05, 4.69) is 15.0 Å². The van der Waals surface area contributed by atoms with E-state index in [0.717, 1.165) is 18.2 Å². The first kappa shape index (κ1) is 25.3. The van der Waals surface area contributed by atoms with Crippen molar-refractivity contribution in [1.82, 2.24) is 10.3 Å². The topological polar surface area (TPSA) is 118 Å². The molecule has 1 amide bonds. The van der Waals surface area contributed by atoms with E-state index in [1.807, 2.05) is 0 Å². The number of carbonyl (C=O) groups is 2. The van der Waals surface area contributed by atoms with Crippen molar-refractivity contribution in [1.29, 1.82) is 0 Å². The third-order valence-corrected chi connectivity index (χ3v) is 4.65. The van der Waals surface area contributed by atoms with E-state index in [1.54, 1.807) is 18.3 Å². The molecular formula is C23H18F4N2O6. The van der Waals surface area contributed by atoms with Crippen LogP contribution in [0.5, 0.6) is 17.2 Å². The zero-order valence-corrected chi connectivity index (χ0v) is 17.8. The molecule has 35 heavy (non-hydrogen) atoms. The highest BCUT2D eigenvalue weighted by Gasteiger charge is 2.32. The summed E-state index contributed by atoms with van der Waals surface area (Å²) in [6, 6.07) is 11.3. The molecule has 3 N–H and O–H groups in total. The fourth-order valence-corrected chi connectivity index (χ4v) is 3.10. The molecule has 12 heteroatoms. The van der Waals surface area contributed by atoms with Crippen LogP contribution in [-0.4, -0.2) is 40.0 Å². The predicted octanol–water partition coefficient (Wildman–Crippen LogP) is 4.46. The molecule has 184 valence electrons. The standard InChI is InChI=1S/C16H14N2O5.C7H4F4O/c19-12-8-9(3-4-10(12)16(21)22)15(20)18-11-5-7-23-13-2-1-6-17-14(11)13;8-5-3-1-2-4-6(5)12-7(9,10)11/h1-4,6,8,11,19H,5,7H2,(H,18,20)(H,21,22);1-4H. The van der Waals surface area contributed by atoms with Gasteiger partial charge in [0.2, 0.25) is 0 Å². The average Bonchev–Trinajstić information content (AvgIpc) is 2.80. The second kappa shape index (κ2) is 10.7. The Morgan fingerprint density at radius 3 is 2.51 bits per heavy atom. The maximum Gasteiger partial charge on any atom is 0.573 e. The molecule has 8 nitrogen and oxygen atoms in total. The minimum atomic E-state index is -4.85. The number of rotatable bonds is 4. The molecule has 0 aliphatic carbocycles. The van der Waals surface area contributed by atoms with Gasteiger partial charge in [0, 0.05) is 18.2 Å². The number of aromatic nitrogens is 1. The Morgan fingerprint density at radius 2 is 1.86 bits per heavy atom. The molecule has 2 heterocycles. The number of aromatic carboxylic acids is 1. The third kappa shape index (κ3) is 6.82. The molecule has 0 bridgehead atoms. The van der Waals surface area contributed by atoms with Gasteiger partial charge < -0.3 is 25.0 Å². The van der Waals surface area contributed by atoms with E-state index in [4.69, 9.17) is 9.84 Å². The molecule has 1 unspecified atom stereocenters. The van der Waals surface area contributed by atoms with Crippen molar-refractivity contribution in [3.05, 3.63) is 83.4 Å². The zero-order chi connectivity index (χ0) is 25.6. The summed E-state index contributed by atoms with van der Waals surface area (Å²) >= 11 is 0. The number of aromatic hydroxyl groups is 1. The van der Waals surface area contributed by atoms with Crippen molar-refractivity contribution in [3.63, 3.8) is 0 Å². The Kier molecular flexibility index (Phi) is 7.74. The largest absolute Gasteiger partial charge is 0.573 e. The number of phenols is 1. The fraction of sp³-hybridized carbons (Fsp3) is 0.174. The summed E-state index contributed by atoms with van der Waals surface area (Å²) in [7, 11) is 0. The van der Waals surface area contributed by atoms with Gasteiger partial charge in [0.1, 0.15) is 22.8 Å². The predicted molar refractivity (Wildman–Crippen MR) is 113 cm³/mol. The second-order valence-corrected chi connectivity index (χ2v) is 7.07. The number of carbonyl (C=O) groups excluding carboxylic acids is 1. The maximum absolute atomic E-state index is 12.5. The molecule has 0 radical (unpaired) electrons. The Bertz CT molecular complexity index is 1220. The van der Waals surface area contributed by atoms with Crippen LogP contribution >= 0.6 is 0 Å². The van der Waals surface area contributed by atoms with Gasteiger partial charge in [-0.1, -0.05) is 12.1 Å².